The molecule has 0 atom stereocenters. The van der Waals surface area contributed by atoms with Crippen LogP contribution in [0.3, 0.4) is 0 Å². The Balaban J connectivity index is 2.16. The Morgan fingerprint density at radius 2 is 2.14 bits per heavy atom. The van der Waals surface area contributed by atoms with E-state index in [1.807, 2.05) is 35.1 Å². The molecule has 0 aliphatic rings. The number of anilines is 1. The summed E-state index contributed by atoms with van der Waals surface area (Å²) in [5.41, 5.74) is 8.96. The lowest BCUT2D eigenvalue weighted by Gasteiger charge is -2.11. The highest BCUT2D eigenvalue weighted by Crippen LogP contribution is 2.38. The van der Waals surface area contributed by atoms with Crippen molar-refractivity contribution in [2.75, 3.05) is 5.73 Å². The first-order chi connectivity index (χ1) is 10.5. The monoisotopic (exact) mass is 332 g/mol. The fourth-order valence-electron chi connectivity index (χ4n) is 2.40. The van der Waals surface area contributed by atoms with E-state index in [1.54, 1.807) is 17.5 Å². The van der Waals surface area contributed by atoms with Crippen LogP contribution in [0.2, 0.25) is 4.34 Å². The van der Waals surface area contributed by atoms with Gasteiger partial charge in [0.1, 0.15) is 5.82 Å². The van der Waals surface area contributed by atoms with Crippen LogP contribution in [0.15, 0.2) is 36.7 Å². The quantitative estimate of drug-likeness (QED) is 0.761. The molecular weight excluding hydrogens is 316 g/mol. The predicted molar refractivity (Wildman–Crippen MR) is 93.0 cm³/mol. The van der Waals surface area contributed by atoms with Gasteiger partial charge in [-0.25, -0.2) is 4.98 Å². The molecule has 3 heterocycles. The molecule has 0 spiro atoms. The summed E-state index contributed by atoms with van der Waals surface area (Å²) in [4.78, 5) is 5.16. The van der Waals surface area contributed by atoms with E-state index in [2.05, 4.69) is 23.9 Å². The zero-order chi connectivity index (χ0) is 15.7. The van der Waals surface area contributed by atoms with Gasteiger partial charge in [-0.15, -0.1) is 11.3 Å². The molecule has 3 aromatic heterocycles. The summed E-state index contributed by atoms with van der Waals surface area (Å²) >= 11 is 7.68. The van der Waals surface area contributed by atoms with Gasteiger partial charge in [-0.1, -0.05) is 25.4 Å². The average molecular weight is 333 g/mol. The van der Waals surface area contributed by atoms with Gasteiger partial charge in [-0.3, -0.25) is 4.68 Å². The second-order valence-corrected chi connectivity index (χ2v) is 7.27. The van der Waals surface area contributed by atoms with Crippen molar-refractivity contribution in [3.8, 4) is 21.7 Å². The molecule has 114 valence electrons. The second kappa shape index (κ2) is 6.10. The minimum Gasteiger partial charge on any atom is -0.384 e. The van der Waals surface area contributed by atoms with E-state index in [-0.39, 0.29) is 0 Å². The molecular formula is C16H17ClN4S. The lowest BCUT2D eigenvalue weighted by atomic mass is 10.1. The van der Waals surface area contributed by atoms with Gasteiger partial charge >= 0.3 is 0 Å². The summed E-state index contributed by atoms with van der Waals surface area (Å²) in [6.07, 6.45) is 3.61. The first-order valence-electron chi connectivity index (χ1n) is 7.08. The normalized spacial score (nSPS) is 11.3. The van der Waals surface area contributed by atoms with Crippen molar-refractivity contribution in [1.29, 1.82) is 0 Å². The number of thiophene rings is 1. The van der Waals surface area contributed by atoms with E-state index < -0.39 is 0 Å². The number of hydrogen-bond donors (Lipinski definition) is 1. The number of nitrogens with zero attached hydrogens (tertiary/aromatic N) is 3. The lowest BCUT2D eigenvalue weighted by molar-refractivity contribution is 0.487. The summed E-state index contributed by atoms with van der Waals surface area (Å²) in [6.45, 7) is 5.21. The zero-order valence-electron chi connectivity index (χ0n) is 12.5. The molecule has 0 unspecified atom stereocenters. The topological polar surface area (TPSA) is 56.7 Å². The number of pyridine rings is 1. The van der Waals surface area contributed by atoms with Crippen LogP contribution in [0, 0.1) is 5.92 Å². The van der Waals surface area contributed by atoms with Gasteiger partial charge in [0.2, 0.25) is 0 Å². The fraction of sp³-hybridized carbons (Fsp3) is 0.250. The van der Waals surface area contributed by atoms with Crippen molar-refractivity contribution in [2.24, 2.45) is 5.92 Å². The maximum absolute atomic E-state index is 6.12. The highest BCUT2D eigenvalue weighted by Gasteiger charge is 2.17. The molecule has 0 amide bonds. The number of nitrogen functional groups attached to an aromatic ring is 1. The van der Waals surface area contributed by atoms with Crippen LogP contribution in [-0.2, 0) is 6.54 Å². The number of hydrogen-bond acceptors (Lipinski definition) is 4. The van der Waals surface area contributed by atoms with Crippen molar-refractivity contribution in [2.45, 2.75) is 20.4 Å². The van der Waals surface area contributed by atoms with Gasteiger partial charge < -0.3 is 5.73 Å². The van der Waals surface area contributed by atoms with Crippen molar-refractivity contribution in [3.63, 3.8) is 0 Å². The molecule has 0 saturated heterocycles. The molecule has 0 bridgehead atoms. The minimum atomic E-state index is 0.504. The molecule has 0 aromatic carbocycles. The van der Waals surface area contributed by atoms with Gasteiger partial charge in [0.25, 0.3) is 0 Å². The second-order valence-electron chi connectivity index (χ2n) is 5.56. The van der Waals surface area contributed by atoms with Crippen LogP contribution in [0.1, 0.15) is 13.8 Å². The SMILES string of the molecule is CC(C)Cn1ncc(-c2ccnc(N)c2)c1-c1ccc(Cl)s1. The fourth-order valence-corrected chi connectivity index (χ4v) is 3.50. The van der Waals surface area contributed by atoms with Crippen molar-refractivity contribution < 1.29 is 0 Å². The van der Waals surface area contributed by atoms with Gasteiger partial charge in [-0.2, -0.15) is 5.10 Å². The Morgan fingerprint density at radius 1 is 1.32 bits per heavy atom. The summed E-state index contributed by atoms with van der Waals surface area (Å²) in [6, 6.07) is 7.77. The zero-order valence-corrected chi connectivity index (χ0v) is 14.0. The van der Waals surface area contributed by atoms with E-state index in [0.717, 1.165) is 32.6 Å². The Morgan fingerprint density at radius 3 is 2.77 bits per heavy atom. The van der Waals surface area contributed by atoms with E-state index in [0.29, 0.717) is 11.7 Å². The van der Waals surface area contributed by atoms with Gasteiger partial charge in [0, 0.05) is 18.3 Å². The van der Waals surface area contributed by atoms with Crippen LogP contribution in [0.25, 0.3) is 21.7 Å². The Bertz CT molecular complexity index is 791. The highest BCUT2D eigenvalue weighted by molar-refractivity contribution is 7.19. The summed E-state index contributed by atoms with van der Waals surface area (Å²) in [5.74, 6) is 1.01. The summed E-state index contributed by atoms with van der Waals surface area (Å²) in [5, 5.41) is 4.57. The van der Waals surface area contributed by atoms with E-state index in [9.17, 15) is 0 Å². The number of halogens is 1. The largest absolute Gasteiger partial charge is 0.384 e. The van der Waals surface area contributed by atoms with Gasteiger partial charge in [-0.05, 0) is 35.7 Å². The minimum absolute atomic E-state index is 0.504. The molecule has 0 aliphatic carbocycles. The third-order valence-corrected chi connectivity index (χ3v) is 4.51. The summed E-state index contributed by atoms with van der Waals surface area (Å²) < 4.78 is 2.81. The molecule has 2 N–H and O–H groups in total. The number of rotatable bonds is 4. The van der Waals surface area contributed by atoms with Gasteiger partial charge in [0.15, 0.2) is 0 Å². The van der Waals surface area contributed by atoms with Crippen LogP contribution < -0.4 is 5.73 Å². The van der Waals surface area contributed by atoms with Crippen molar-refractivity contribution >= 4 is 28.8 Å². The third kappa shape index (κ3) is 3.00. The van der Waals surface area contributed by atoms with E-state index in [4.69, 9.17) is 17.3 Å². The standard InChI is InChI=1S/C16H17ClN4S/c1-10(2)9-21-16(13-3-4-14(17)22-13)12(8-20-21)11-5-6-19-15(18)7-11/h3-8,10H,9H2,1-2H3,(H2,18,19). The molecule has 6 heteroatoms. The van der Waals surface area contributed by atoms with Crippen LogP contribution in [0.4, 0.5) is 5.82 Å². The first-order valence-corrected chi connectivity index (χ1v) is 8.27. The summed E-state index contributed by atoms with van der Waals surface area (Å²) in [7, 11) is 0. The van der Waals surface area contributed by atoms with Crippen LogP contribution in [-0.4, -0.2) is 14.8 Å². The van der Waals surface area contributed by atoms with Crippen LogP contribution in [0.5, 0.6) is 0 Å². The average Bonchev–Trinajstić information content (AvgIpc) is 3.04. The maximum Gasteiger partial charge on any atom is 0.123 e. The van der Waals surface area contributed by atoms with Gasteiger partial charge in [0.05, 0.1) is 21.1 Å². The van der Waals surface area contributed by atoms with E-state index >= 15 is 0 Å². The first kappa shape index (κ1) is 15.1. The van der Waals surface area contributed by atoms with Crippen LogP contribution >= 0.6 is 22.9 Å². The molecule has 0 radical (unpaired) electrons. The van der Waals surface area contributed by atoms with E-state index in [1.165, 1.54) is 0 Å². The third-order valence-electron chi connectivity index (χ3n) is 3.28. The highest BCUT2D eigenvalue weighted by atomic mass is 35.5. The molecule has 3 rings (SSSR count). The molecule has 0 fully saturated rings. The Labute approximate surface area is 138 Å². The Hall–Kier alpha value is -1.85. The predicted octanol–water partition coefficient (Wildman–Crippen LogP) is 4.57. The number of aromatic nitrogens is 3. The molecule has 0 saturated carbocycles. The lowest BCUT2D eigenvalue weighted by Crippen LogP contribution is -2.07. The maximum atomic E-state index is 6.12. The van der Waals surface area contributed by atoms with Crippen molar-refractivity contribution in [3.05, 3.63) is 41.0 Å². The number of nitrogens with two attached hydrogens (primary N) is 1. The molecule has 0 aliphatic heterocycles. The molecule has 4 nitrogen and oxygen atoms in total. The smallest absolute Gasteiger partial charge is 0.123 e. The molecule has 22 heavy (non-hydrogen) atoms. The molecule has 3 aromatic rings. The van der Waals surface area contributed by atoms with Crippen molar-refractivity contribution in [1.82, 2.24) is 14.8 Å². The Kier molecular flexibility index (Phi) is 4.18.